The molecule has 2 nitrogen and oxygen atoms in total. The number of rotatable bonds is 3. The average Bonchev–Trinajstić information content (AvgIpc) is 3.77. The number of hydrogen-bond donors (Lipinski definition) is 0. The molecule has 0 unspecified atom stereocenters. The lowest BCUT2D eigenvalue weighted by molar-refractivity contribution is 0.660. The second-order valence-corrected chi connectivity index (χ2v) is 14.6. The van der Waals surface area contributed by atoms with Crippen LogP contribution in [0.1, 0.15) is 25.0 Å². The van der Waals surface area contributed by atoms with Crippen LogP contribution in [0.4, 0.5) is 0 Å². The Kier molecular flexibility index (Phi) is 5.76. The predicted octanol–water partition coefficient (Wildman–Crippen LogP) is 13.0. The summed E-state index contributed by atoms with van der Waals surface area (Å²) in [5, 5.41) is 7.65. The summed E-state index contributed by atoms with van der Waals surface area (Å²) in [5.41, 5.74) is 15.2. The molecule has 2 aromatic heterocycles. The molecule has 0 spiro atoms. The van der Waals surface area contributed by atoms with Crippen molar-refractivity contribution in [1.82, 2.24) is 9.13 Å². The van der Waals surface area contributed by atoms with E-state index in [1.807, 2.05) is 0 Å². The molecule has 0 amide bonds. The first-order valence-corrected chi connectivity index (χ1v) is 17.9. The number of aromatic nitrogens is 2. The van der Waals surface area contributed by atoms with E-state index < -0.39 is 0 Å². The predicted molar refractivity (Wildman–Crippen MR) is 216 cm³/mol. The molecule has 0 bridgehead atoms. The topological polar surface area (TPSA) is 9.86 Å². The van der Waals surface area contributed by atoms with E-state index >= 15 is 0 Å². The Hall–Kier alpha value is -6.38. The van der Waals surface area contributed by atoms with Crippen LogP contribution < -0.4 is 0 Å². The molecule has 0 N–H and O–H groups in total. The summed E-state index contributed by atoms with van der Waals surface area (Å²) in [5.74, 6) is 0. The minimum atomic E-state index is -0.0231. The third kappa shape index (κ3) is 3.93. The van der Waals surface area contributed by atoms with E-state index in [9.17, 15) is 0 Å². The Morgan fingerprint density at radius 3 is 1.88 bits per heavy atom. The van der Waals surface area contributed by atoms with Gasteiger partial charge in [0.25, 0.3) is 0 Å². The maximum absolute atomic E-state index is 2.45. The van der Waals surface area contributed by atoms with Crippen molar-refractivity contribution in [3.8, 4) is 33.6 Å². The molecule has 0 radical (unpaired) electrons. The molecule has 0 saturated heterocycles. The molecule has 11 rings (SSSR count). The van der Waals surface area contributed by atoms with Crippen molar-refractivity contribution in [2.24, 2.45) is 0 Å². The SMILES string of the molecule is CC1(C)c2ccccc2-c2ccc(-c3ccc(-n4c5ccccc5c5cc6c7c8ccccc8ccc7n(-c7ccccc7)c6cc54)cc3)cc21. The highest BCUT2D eigenvalue weighted by Gasteiger charge is 2.35. The fourth-order valence-electron chi connectivity index (χ4n) is 9.07. The van der Waals surface area contributed by atoms with Gasteiger partial charge in [0.05, 0.1) is 22.1 Å². The zero-order chi connectivity index (χ0) is 33.8. The third-order valence-corrected chi connectivity index (χ3v) is 11.5. The molecule has 10 aromatic rings. The van der Waals surface area contributed by atoms with Crippen molar-refractivity contribution in [2.75, 3.05) is 0 Å². The van der Waals surface area contributed by atoms with Gasteiger partial charge in [-0.1, -0.05) is 129 Å². The molecule has 0 aliphatic heterocycles. The van der Waals surface area contributed by atoms with Crippen molar-refractivity contribution >= 4 is 54.4 Å². The van der Waals surface area contributed by atoms with Crippen LogP contribution in [0, 0.1) is 0 Å². The molecule has 0 atom stereocenters. The fourth-order valence-corrected chi connectivity index (χ4v) is 9.07. The maximum Gasteiger partial charge on any atom is 0.0562 e. The van der Waals surface area contributed by atoms with Crippen LogP contribution in [0.5, 0.6) is 0 Å². The Morgan fingerprint density at radius 1 is 0.373 bits per heavy atom. The minimum absolute atomic E-state index is 0.0231. The molecule has 1 aliphatic carbocycles. The Balaban J connectivity index is 1.13. The van der Waals surface area contributed by atoms with Crippen LogP contribution >= 0.6 is 0 Å². The molecular weight excluding hydrogens is 617 g/mol. The molecule has 240 valence electrons. The standard InChI is InChI=1S/C49H34N2/c1-49(2)42-18-10-8-16-37(42)38-26-22-33(28-43(38)49)31-20-24-35(25-21-31)50-44-19-11-9-17-39(44)40-29-41-47(30-46(40)50)51(34-13-4-3-5-14-34)45-27-23-32-12-6-7-15-36(32)48(41)45/h3-30H,1-2H3. The molecule has 2 heterocycles. The van der Waals surface area contributed by atoms with E-state index in [-0.39, 0.29) is 5.41 Å². The molecule has 2 heteroatoms. The zero-order valence-corrected chi connectivity index (χ0v) is 28.6. The monoisotopic (exact) mass is 650 g/mol. The van der Waals surface area contributed by atoms with Gasteiger partial charge in [0.2, 0.25) is 0 Å². The summed E-state index contributed by atoms with van der Waals surface area (Å²) in [6.07, 6.45) is 0. The minimum Gasteiger partial charge on any atom is -0.309 e. The van der Waals surface area contributed by atoms with Crippen molar-refractivity contribution in [3.05, 3.63) is 181 Å². The quantitative estimate of drug-likeness (QED) is 0.180. The van der Waals surface area contributed by atoms with Crippen LogP contribution in [-0.4, -0.2) is 9.13 Å². The normalized spacial score (nSPS) is 13.5. The van der Waals surface area contributed by atoms with Crippen LogP contribution in [-0.2, 0) is 5.41 Å². The van der Waals surface area contributed by atoms with E-state index in [4.69, 9.17) is 0 Å². The maximum atomic E-state index is 2.45. The van der Waals surface area contributed by atoms with Crippen LogP contribution in [0.15, 0.2) is 170 Å². The fraction of sp³-hybridized carbons (Fsp3) is 0.0612. The first-order chi connectivity index (χ1) is 25.1. The first kappa shape index (κ1) is 28.5. The Bertz CT molecular complexity index is 3030. The number of fused-ring (bicyclic) bond motifs is 11. The lowest BCUT2D eigenvalue weighted by Crippen LogP contribution is -2.14. The van der Waals surface area contributed by atoms with Crippen molar-refractivity contribution in [3.63, 3.8) is 0 Å². The second-order valence-electron chi connectivity index (χ2n) is 14.6. The summed E-state index contributed by atoms with van der Waals surface area (Å²) < 4.78 is 4.89. The summed E-state index contributed by atoms with van der Waals surface area (Å²) in [4.78, 5) is 0. The molecule has 8 aromatic carbocycles. The Morgan fingerprint density at radius 2 is 1.02 bits per heavy atom. The van der Waals surface area contributed by atoms with E-state index in [1.165, 1.54) is 93.5 Å². The summed E-state index contributed by atoms with van der Waals surface area (Å²) in [6, 6.07) is 62.8. The number of nitrogens with zero attached hydrogens (tertiary/aromatic N) is 2. The van der Waals surface area contributed by atoms with Crippen LogP contribution in [0.2, 0.25) is 0 Å². The smallest absolute Gasteiger partial charge is 0.0562 e. The van der Waals surface area contributed by atoms with E-state index in [0.29, 0.717) is 0 Å². The number of hydrogen-bond acceptors (Lipinski definition) is 0. The lowest BCUT2D eigenvalue weighted by atomic mass is 9.81. The van der Waals surface area contributed by atoms with Gasteiger partial charge in [-0.05, 0) is 98.8 Å². The lowest BCUT2D eigenvalue weighted by Gasteiger charge is -2.22. The van der Waals surface area contributed by atoms with Gasteiger partial charge in [-0.2, -0.15) is 0 Å². The van der Waals surface area contributed by atoms with Crippen molar-refractivity contribution in [2.45, 2.75) is 19.3 Å². The van der Waals surface area contributed by atoms with E-state index in [2.05, 4.69) is 193 Å². The zero-order valence-electron chi connectivity index (χ0n) is 28.6. The highest BCUT2D eigenvalue weighted by molar-refractivity contribution is 6.25. The first-order valence-electron chi connectivity index (χ1n) is 17.9. The Labute approximate surface area is 296 Å². The molecule has 0 fully saturated rings. The average molecular weight is 651 g/mol. The van der Waals surface area contributed by atoms with Gasteiger partial charge in [0, 0.05) is 38.3 Å². The van der Waals surface area contributed by atoms with Crippen molar-refractivity contribution in [1.29, 1.82) is 0 Å². The highest BCUT2D eigenvalue weighted by Crippen LogP contribution is 2.49. The van der Waals surface area contributed by atoms with Crippen LogP contribution in [0.3, 0.4) is 0 Å². The largest absolute Gasteiger partial charge is 0.309 e. The summed E-state index contributed by atoms with van der Waals surface area (Å²) in [7, 11) is 0. The number of para-hydroxylation sites is 2. The van der Waals surface area contributed by atoms with Crippen molar-refractivity contribution < 1.29 is 0 Å². The van der Waals surface area contributed by atoms with Gasteiger partial charge in [0.1, 0.15) is 0 Å². The molecule has 0 saturated carbocycles. The van der Waals surface area contributed by atoms with Gasteiger partial charge in [-0.15, -0.1) is 0 Å². The highest BCUT2D eigenvalue weighted by atomic mass is 15.0. The van der Waals surface area contributed by atoms with Gasteiger partial charge in [-0.3, -0.25) is 0 Å². The second kappa shape index (κ2) is 10.3. The van der Waals surface area contributed by atoms with Gasteiger partial charge in [-0.25, -0.2) is 0 Å². The molecular formula is C49H34N2. The van der Waals surface area contributed by atoms with Gasteiger partial charge >= 0.3 is 0 Å². The molecule has 1 aliphatic rings. The number of benzene rings is 8. The summed E-state index contributed by atoms with van der Waals surface area (Å²) in [6.45, 7) is 4.70. The van der Waals surface area contributed by atoms with Crippen LogP contribution in [0.25, 0.3) is 88.0 Å². The third-order valence-electron chi connectivity index (χ3n) is 11.5. The van der Waals surface area contributed by atoms with Gasteiger partial charge in [0.15, 0.2) is 0 Å². The van der Waals surface area contributed by atoms with E-state index in [1.54, 1.807) is 0 Å². The molecule has 51 heavy (non-hydrogen) atoms. The van der Waals surface area contributed by atoms with E-state index in [0.717, 1.165) is 5.69 Å². The van der Waals surface area contributed by atoms with Gasteiger partial charge < -0.3 is 9.13 Å². The summed E-state index contributed by atoms with van der Waals surface area (Å²) >= 11 is 0.